The Balaban J connectivity index is 1.42. The van der Waals surface area contributed by atoms with Gasteiger partial charge in [-0.05, 0) is 130 Å². The van der Waals surface area contributed by atoms with Gasteiger partial charge in [0.15, 0.2) is 0 Å². The summed E-state index contributed by atoms with van der Waals surface area (Å²) in [5.74, 6) is 3.53. The monoisotopic (exact) mass is 476 g/mol. The van der Waals surface area contributed by atoms with E-state index in [0.717, 1.165) is 32.4 Å². The second-order valence-electron chi connectivity index (χ2n) is 13.0. The van der Waals surface area contributed by atoms with Gasteiger partial charge in [0, 0.05) is 12.5 Å². The van der Waals surface area contributed by atoms with Crippen LogP contribution in [0.4, 0.5) is 0 Å². The van der Waals surface area contributed by atoms with Crippen LogP contribution in [0.5, 0.6) is 0 Å². The maximum Gasteiger partial charge on any atom is 0.305 e. The van der Waals surface area contributed by atoms with Crippen LogP contribution in [0.1, 0.15) is 97.8 Å². The van der Waals surface area contributed by atoms with Crippen LogP contribution in [0, 0.1) is 46.3 Å². The summed E-state index contributed by atoms with van der Waals surface area (Å²) in [5, 5.41) is 15.4. The molecular weight excluding hydrogens is 424 g/mol. The summed E-state index contributed by atoms with van der Waals surface area (Å²) in [5.41, 5.74) is 6.35. The standard InChI is InChI=1S/C29H52N2O3/c1-19(7-10-26(33)34-4)22-8-9-23-27-24(12-14-29(22,23)3)28(2)13-11-21(31-16-6-5-15-30)17-20(28)18-25(27)32/h19-25,27,31-32H,5-18,30H2,1-4H3/t19-,20-,21+,22-,23?,24?,25?,27?,28+,29-/m1/s1. The van der Waals surface area contributed by atoms with E-state index in [2.05, 4.69) is 26.1 Å². The van der Waals surface area contributed by atoms with Gasteiger partial charge in [-0.3, -0.25) is 4.79 Å². The van der Waals surface area contributed by atoms with Crippen molar-refractivity contribution in [3.05, 3.63) is 0 Å². The molecule has 4 fully saturated rings. The molecule has 0 spiro atoms. The molecule has 0 aromatic heterocycles. The molecule has 4 saturated carbocycles. The predicted octanol–water partition coefficient (Wildman–Crippen LogP) is 4.90. The van der Waals surface area contributed by atoms with E-state index in [1.807, 2.05) is 0 Å². The highest BCUT2D eigenvalue weighted by Gasteiger charge is 2.62. The van der Waals surface area contributed by atoms with E-state index in [0.29, 0.717) is 58.8 Å². The first-order valence-corrected chi connectivity index (χ1v) is 14.4. The topological polar surface area (TPSA) is 84.6 Å². The molecule has 4 aliphatic rings. The highest BCUT2D eigenvalue weighted by atomic mass is 16.5. The van der Waals surface area contributed by atoms with Gasteiger partial charge in [-0.15, -0.1) is 0 Å². The largest absolute Gasteiger partial charge is 0.469 e. The van der Waals surface area contributed by atoms with Gasteiger partial charge in [0.25, 0.3) is 0 Å². The number of rotatable bonds is 9. The second kappa shape index (κ2) is 10.8. The fourth-order valence-electron chi connectivity index (χ4n) is 9.61. The van der Waals surface area contributed by atoms with Crippen molar-refractivity contribution in [1.29, 1.82) is 0 Å². The molecule has 0 heterocycles. The van der Waals surface area contributed by atoms with Crippen molar-refractivity contribution in [2.75, 3.05) is 20.2 Å². The van der Waals surface area contributed by atoms with Gasteiger partial charge in [-0.1, -0.05) is 20.8 Å². The molecule has 34 heavy (non-hydrogen) atoms. The van der Waals surface area contributed by atoms with Crippen molar-refractivity contribution < 1.29 is 14.6 Å². The van der Waals surface area contributed by atoms with Crippen LogP contribution in [0.2, 0.25) is 0 Å². The van der Waals surface area contributed by atoms with Gasteiger partial charge in [-0.25, -0.2) is 0 Å². The average Bonchev–Trinajstić information content (AvgIpc) is 3.18. The number of hydrogen-bond acceptors (Lipinski definition) is 5. The zero-order valence-corrected chi connectivity index (χ0v) is 22.4. The van der Waals surface area contributed by atoms with Crippen LogP contribution in [0.3, 0.4) is 0 Å². The van der Waals surface area contributed by atoms with Gasteiger partial charge in [0.05, 0.1) is 13.2 Å². The molecule has 0 aliphatic heterocycles. The number of nitrogens with one attached hydrogen (secondary N) is 1. The summed E-state index contributed by atoms with van der Waals surface area (Å²) < 4.78 is 4.90. The predicted molar refractivity (Wildman–Crippen MR) is 137 cm³/mol. The number of fused-ring (bicyclic) bond motifs is 5. The van der Waals surface area contributed by atoms with Gasteiger partial charge < -0.3 is 20.9 Å². The number of aliphatic hydroxyl groups excluding tert-OH is 1. The smallest absolute Gasteiger partial charge is 0.305 e. The summed E-state index contributed by atoms with van der Waals surface area (Å²) in [4.78, 5) is 11.7. The second-order valence-corrected chi connectivity index (χ2v) is 13.0. The number of nitrogens with two attached hydrogens (primary N) is 1. The molecule has 10 atom stereocenters. The SMILES string of the molecule is COC(=O)CC[C@@H](C)[C@H]1CCC2C3C(O)C[C@H]4C[C@@H](NCCCCN)CC[C@]4(C)C3CC[C@@]21C. The van der Waals surface area contributed by atoms with E-state index >= 15 is 0 Å². The lowest BCUT2D eigenvalue weighted by Crippen LogP contribution is -2.59. The van der Waals surface area contributed by atoms with Crippen molar-refractivity contribution in [2.45, 2.75) is 110 Å². The number of carbonyl (C=O) groups excluding carboxylic acids is 1. The Labute approximate surface area is 208 Å². The quantitative estimate of drug-likeness (QED) is 0.325. The molecule has 4 unspecified atom stereocenters. The number of ether oxygens (including phenoxy) is 1. The Bertz CT molecular complexity index is 701. The highest BCUT2D eigenvalue weighted by Crippen LogP contribution is 2.68. The fourth-order valence-corrected chi connectivity index (χ4v) is 9.61. The Morgan fingerprint density at radius 3 is 2.56 bits per heavy atom. The van der Waals surface area contributed by atoms with Crippen LogP contribution >= 0.6 is 0 Å². The molecule has 5 heteroatoms. The number of methoxy groups -OCH3 is 1. The third kappa shape index (κ3) is 4.83. The lowest BCUT2D eigenvalue weighted by Gasteiger charge is -2.62. The molecule has 4 aliphatic carbocycles. The zero-order chi connectivity index (χ0) is 24.5. The van der Waals surface area contributed by atoms with Crippen LogP contribution in [0.15, 0.2) is 0 Å². The zero-order valence-electron chi connectivity index (χ0n) is 22.4. The van der Waals surface area contributed by atoms with Gasteiger partial charge in [0.2, 0.25) is 0 Å². The molecule has 0 bridgehead atoms. The van der Waals surface area contributed by atoms with Crippen molar-refractivity contribution in [1.82, 2.24) is 5.32 Å². The van der Waals surface area contributed by atoms with Crippen LogP contribution < -0.4 is 11.1 Å². The summed E-state index contributed by atoms with van der Waals surface area (Å²) in [7, 11) is 1.49. The van der Waals surface area contributed by atoms with Crippen molar-refractivity contribution in [3.8, 4) is 0 Å². The van der Waals surface area contributed by atoms with Crippen molar-refractivity contribution >= 4 is 5.97 Å². The molecule has 0 saturated heterocycles. The molecule has 0 amide bonds. The van der Waals surface area contributed by atoms with E-state index in [9.17, 15) is 9.90 Å². The Morgan fingerprint density at radius 2 is 1.82 bits per heavy atom. The fraction of sp³-hybridized carbons (Fsp3) is 0.966. The van der Waals surface area contributed by atoms with Gasteiger partial charge in [0.1, 0.15) is 0 Å². The molecule has 0 aromatic carbocycles. The third-order valence-electron chi connectivity index (χ3n) is 11.5. The van der Waals surface area contributed by atoms with E-state index < -0.39 is 0 Å². The van der Waals surface area contributed by atoms with E-state index in [1.165, 1.54) is 58.5 Å². The molecule has 0 radical (unpaired) electrons. The molecule has 4 rings (SSSR count). The van der Waals surface area contributed by atoms with Crippen molar-refractivity contribution in [2.24, 2.45) is 52.1 Å². The summed E-state index contributed by atoms with van der Waals surface area (Å²) in [6, 6.07) is 0.611. The minimum Gasteiger partial charge on any atom is -0.469 e. The molecule has 4 N–H and O–H groups in total. The lowest BCUT2D eigenvalue weighted by atomic mass is 9.43. The van der Waals surface area contributed by atoms with Crippen molar-refractivity contribution in [3.63, 3.8) is 0 Å². The summed E-state index contributed by atoms with van der Waals surface area (Å²) in [6.45, 7) is 9.33. The molecular formula is C29H52N2O3. The minimum absolute atomic E-state index is 0.0820. The van der Waals surface area contributed by atoms with E-state index in [1.54, 1.807) is 0 Å². The lowest BCUT2D eigenvalue weighted by molar-refractivity contribution is -0.167. The number of aliphatic hydroxyl groups is 1. The van der Waals surface area contributed by atoms with Gasteiger partial charge >= 0.3 is 5.97 Å². The number of hydrogen-bond donors (Lipinski definition) is 3. The Morgan fingerprint density at radius 1 is 1.09 bits per heavy atom. The number of unbranched alkanes of at least 4 members (excludes halogenated alkanes) is 1. The van der Waals surface area contributed by atoms with Crippen LogP contribution in [0.25, 0.3) is 0 Å². The van der Waals surface area contributed by atoms with E-state index in [4.69, 9.17) is 10.5 Å². The Hall–Kier alpha value is -0.650. The number of carbonyl (C=O) groups is 1. The number of esters is 1. The van der Waals surface area contributed by atoms with Crippen LogP contribution in [-0.4, -0.2) is 43.4 Å². The summed E-state index contributed by atoms with van der Waals surface area (Å²) in [6.07, 6.45) is 13.5. The maximum absolute atomic E-state index is 11.7. The maximum atomic E-state index is 11.7. The highest BCUT2D eigenvalue weighted by molar-refractivity contribution is 5.69. The molecule has 196 valence electrons. The van der Waals surface area contributed by atoms with Crippen LogP contribution in [-0.2, 0) is 9.53 Å². The Kier molecular flexibility index (Phi) is 8.36. The third-order valence-corrected chi connectivity index (χ3v) is 11.5. The van der Waals surface area contributed by atoms with Gasteiger partial charge in [-0.2, -0.15) is 0 Å². The first kappa shape index (κ1) is 26.4. The summed E-state index contributed by atoms with van der Waals surface area (Å²) >= 11 is 0. The van der Waals surface area contributed by atoms with E-state index in [-0.39, 0.29) is 12.1 Å². The normalized spacial score (nSPS) is 44.6. The molecule has 5 nitrogen and oxygen atoms in total. The first-order valence-electron chi connectivity index (χ1n) is 14.4. The first-order chi connectivity index (χ1) is 16.2. The minimum atomic E-state index is -0.146. The average molecular weight is 477 g/mol. The molecule has 0 aromatic rings.